The van der Waals surface area contributed by atoms with Crippen LogP contribution >= 0.6 is 0 Å². The first-order valence-electron chi connectivity index (χ1n) is 17.8. The van der Waals surface area contributed by atoms with E-state index in [9.17, 15) is 0 Å². The third kappa shape index (κ3) is 5.32. The average Bonchev–Trinajstić information content (AvgIpc) is 3.36. The molecule has 1 heteroatoms. The summed E-state index contributed by atoms with van der Waals surface area (Å²) >= 11 is 0. The molecule has 0 atom stereocenters. The molecule has 0 aliphatic rings. The Bertz CT molecular complexity index is 2310. The van der Waals surface area contributed by atoms with Crippen molar-refractivity contribution < 1.29 is 0 Å². The lowest BCUT2D eigenvalue weighted by Crippen LogP contribution is -2.01. The zero-order valence-electron chi connectivity index (χ0n) is 31.2. The number of rotatable bonds is 5. The summed E-state index contributed by atoms with van der Waals surface area (Å²) in [6, 6.07) is 32.5. The molecule has 0 aliphatic heterocycles. The minimum Gasteiger partial charge on any atom is -0.341 e. The summed E-state index contributed by atoms with van der Waals surface area (Å²) in [5.41, 5.74) is 26.5. The van der Waals surface area contributed by atoms with Crippen molar-refractivity contribution in [3.63, 3.8) is 0 Å². The lowest BCUT2D eigenvalue weighted by atomic mass is 9.81. The van der Waals surface area contributed by atoms with Crippen LogP contribution in [0.3, 0.4) is 0 Å². The van der Waals surface area contributed by atoms with Crippen LogP contribution < -0.4 is 0 Å². The Morgan fingerprint density at radius 3 is 1.27 bits per heavy atom. The molecular weight excluding hydrogens is 591 g/mol. The molecule has 0 bridgehead atoms. The molecule has 7 aromatic rings. The van der Waals surface area contributed by atoms with Crippen molar-refractivity contribution in [1.82, 2.24) is 4.57 Å². The molecule has 246 valence electrons. The highest BCUT2D eigenvalue weighted by molar-refractivity contribution is 6.09. The van der Waals surface area contributed by atoms with Gasteiger partial charge in [0.25, 0.3) is 0 Å². The van der Waals surface area contributed by atoms with Gasteiger partial charge in [0.15, 0.2) is 0 Å². The number of aromatic nitrogens is 1. The highest BCUT2D eigenvalue weighted by Gasteiger charge is 2.21. The number of benzene rings is 6. The number of hydrogen-bond donors (Lipinski definition) is 0. The molecule has 0 saturated carbocycles. The molecule has 0 aliphatic carbocycles. The minimum absolute atomic E-state index is 0.945. The van der Waals surface area contributed by atoms with Crippen molar-refractivity contribution in [3.05, 3.63) is 141 Å². The van der Waals surface area contributed by atoms with Gasteiger partial charge in [-0.05, 0) is 196 Å². The maximum absolute atomic E-state index is 2.46. The van der Waals surface area contributed by atoms with E-state index >= 15 is 0 Å². The van der Waals surface area contributed by atoms with Gasteiger partial charge in [-0.2, -0.15) is 0 Å². The Morgan fingerprint density at radius 2 is 0.796 bits per heavy atom. The first-order chi connectivity index (χ1) is 23.4. The summed E-state index contributed by atoms with van der Waals surface area (Å²) in [5, 5.41) is 2.66. The normalized spacial score (nSPS) is 11.7. The van der Waals surface area contributed by atoms with Gasteiger partial charge in [0.2, 0.25) is 0 Å². The van der Waals surface area contributed by atoms with E-state index in [-0.39, 0.29) is 0 Å². The van der Waals surface area contributed by atoms with Gasteiger partial charge >= 0.3 is 0 Å². The van der Waals surface area contributed by atoms with E-state index in [2.05, 4.69) is 166 Å². The van der Waals surface area contributed by atoms with Crippen molar-refractivity contribution in [1.29, 1.82) is 0 Å². The van der Waals surface area contributed by atoms with E-state index in [0.29, 0.717) is 0 Å². The monoisotopic (exact) mass is 639 g/mol. The van der Waals surface area contributed by atoms with Crippen molar-refractivity contribution in [2.45, 2.75) is 82.7 Å². The first-order valence-corrected chi connectivity index (χ1v) is 17.8. The van der Waals surface area contributed by atoms with Gasteiger partial charge in [-0.1, -0.05) is 65.7 Å². The zero-order valence-corrected chi connectivity index (χ0v) is 31.2. The van der Waals surface area contributed by atoms with E-state index in [1.54, 1.807) is 0 Å². The molecule has 0 N–H and O–H groups in total. The Hall–Kier alpha value is -4.88. The lowest BCUT2D eigenvalue weighted by molar-refractivity contribution is 0.827. The van der Waals surface area contributed by atoms with E-state index in [0.717, 1.165) is 6.54 Å². The number of para-hydroxylation sites is 1. The van der Waals surface area contributed by atoms with Crippen LogP contribution in [0.15, 0.2) is 84.9 Å². The largest absolute Gasteiger partial charge is 0.341 e. The maximum Gasteiger partial charge on any atom is 0.0497 e. The van der Waals surface area contributed by atoms with Crippen LogP contribution in [-0.2, 0) is 6.54 Å². The minimum atomic E-state index is 0.945. The van der Waals surface area contributed by atoms with Crippen LogP contribution in [0.4, 0.5) is 0 Å². The lowest BCUT2D eigenvalue weighted by Gasteiger charge is -2.23. The van der Waals surface area contributed by atoms with Crippen molar-refractivity contribution in [2.75, 3.05) is 0 Å². The Kier molecular flexibility index (Phi) is 8.14. The SMILES string of the molecule is CCn1c2ccccc2c2ccc(-c3c(C)c(C)c(-c4cc(-c5c(C)cc(C)cc5C)cc(-c5c(C)cc(C)cc5C)c4)c(C)c3C)cc21. The molecule has 0 saturated heterocycles. The molecule has 1 heterocycles. The van der Waals surface area contributed by atoms with Crippen LogP contribution in [0.25, 0.3) is 66.3 Å². The van der Waals surface area contributed by atoms with Crippen molar-refractivity contribution >= 4 is 21.8 Å². The summed E-state index contributed by atoms with van der Waals surface area (Å²) in [7, 11) is 0. The molecule has 49 heavy (non-hydrogen) atoms. The quantitative estimate of drug-likeness (QED) is 0.177. The van der Waals surface area contributed by atoms with E-state index in [1.165, 1.54) is 122 Å². The van der Waals surface area contributed by atoms with Crippen molar-refractivity contribution in [3.8, 4) is 44.5 Å². The van der Waals surface area contributed by atoms with E-state index < -0.39 is 0 Å². The second-order valence-electron chi connectivity index (χ2n) is 14.6. The molecule has 1 nitrogen and oxygen atoms in total. The summed E-state index contributed by atoms with van der Waals surface area (Å²) < 4.78 is 2.46. The third-order valence-corrected chi connectivity index (χ3v) is 11.2. The van der Waals surface area contributed by atoms with Gasteiger partial charge in [0.05, 0.1) is 0 Å². The van der Waals surface area contributed by atoms with Gasteiger partial charge in [0, 0.05) is 28.4 Å². The van der Waals surface area contributed by atoms with Gasteiger partial charge in [-0.25, -0.2) is 0 Å². The summed E-state index contributed by atoms with van der Waals surface area (Å²) in [4.78, 5) is 0. The van der Waals surface area contributed by atoms with Gasteiger partial charge in [-0.15, -0.1) is 0 Å². The number of fused-ring (bicyclic) bond motifs is 3. The molecule has 0 amide bonds. The standard InChI is InChI=1S/C48H49N/c1-12-49-43-16-14-13-15-41(43)42-18-17-37(26-44(42)49)47-33(8)35(10)48(36(11)34(47)9)40-24-38(45-29(4)19-27(2)20-30(45)5)23-39(25-40)46-31(6)21-28(3)22-32(46)7/h13-26H,12H2,1-11H3. The topological polar surface area (TPSA) is 4.93 Å². The fraction of sp³-hybridized carbons (Fsp3) is 0.250. The fourth-order valence-electron chi connectivity index (χ4n) is 9.06. The molecule has 0 fully saturated rings. The van der Waals surface area contributed by atoms with Crippen molar-refractivity contribution in [2.24, 2.45) is 0 Å². The maximum atomic E-state index is 2.46. The van der Waals surface area contributed by atoms with E-state index in [4.69, 9.17) is 0 Å². The summed E-state index contributed by atoms with van der Waals surface area (Å²) in [6.07, 6.45) is 0. The average molecular weight is 640 g/mol. The fourth-order valence-corrected chi connectivity index (χ4v) is 9.06. The third-order valence-electron chi connectivity index (χ3n) is 11.2. The number of hydrogen-bond acceptors (Lipinski definition) is 0. The molecule has 7 rings (SSSR count). The van der Waals surface area contributed by atoms with E-state index in [1.807, 2.05) is 0 Å². The highest BCUT2D eigenvalue weighted by atomic mass is 15.0. The summed E-state index contributed by atoms with van der Waals surface area (Å²) in [6.45, 7) is 26.0. The predicted molar refractivity (Wildman–Crippen MR) is 214 cm³/mol. The number of nitrogens with zero attached hydrogens (tertiary/aromatic N) is 1. The van der Waals surface area contributed by atoms with Crippen LogP contribution in [0.1, 0.15) is 62.6 Å². The molecular formula is C48H49N. The molecule has 0 unspecified atom stereocenters. The number of aryl methyl sites for hydroxylation is 7. The van der Waals surface area contributed by atoms with Crippen LogP contribution in [0.5, 0.6) is 0 Å². The Morgan fingerprint density at radius 1 is 0.388 bits per heavy atom. The second kappa shape index (κ2) is 12.2. The molecule has 0 spiro atoms. The molecule has 1 aromatic heterocycles. The first kappa shape index (κ1) is 32.7. The second-order valence-corrected chi connectivity index (χ2v) is 14.6. The van der Waals surface area contributed by atoms with Crippen LogP contribution in [0, 0.1) is 69.2 Å². The zero-order chi connectivity index (χ0) is 34.9. The summed E-state index contributed by atoms with van der Waals surface area (Å²) in [5.74, 6) is 0. The smallest absolute Gasteiger partial charge is 0.0497 e. The van der Waals surface area contributed by atoms with Gasteiger partial charge in [0.1, 0.15) is 0 Å². The predicted octanol–water partition coefficient (Wildman–Crippen LogP) is 13.6. The van der Waals surface area contributed by atoms with Gasteiger partial charge in [-0.3, -0.25) is 0 Å². The Labute approximate surface area is 293 Å². The molecule has 0 radical (unpaired) electrons. The van der Waals surface area contributed by atoms with Crippen LogP contribution in [0.2, 0.25) is 0 Å². The highest BCUT2D eigenvalue weighted by Crippen LogP contribution is 2.44. The van der Waals surface area contributed by atoms with Gasteiger partial charge < -0.3 is 4.57 Å². The Balaban J connectivity index is 1.48. The molecule has 6 aromatic carbocycles. The van der Waals surface area contributed by atoms with Crippen LogP contribution in [-0.4, -0.2) is 4.57 Å².